The average Bonchev–Trinajstić information content (AvgIpc) is 2.76. The molecule has 0 saturated carbocycles. The summed E-state index contributed by atoms with van der Waals surface area (Å²) in [6, 6.07) is 9.76. The predicted molar refractivity (Wildman–Crippen MR) is 120 cm³/mol. The van der Waals surface area contributed by atoms with E-state index in [0.29, 0.717) is 12.6 Å². The number of anilines is 1. The van der Waals surface area contributed by atoms with Crippen molar-refractivity contribution in [3.05, 3.63) is 52.6 Å². The van der Waals surface area contributed by atoms with E-state index in [-0.39, 0.29) is 17.9 Å². The summed E-state index contributed by atoms with van der Waals surface area (Å²) in [7, 11) is 0. The molecule has 0 aliphatic carbocycles. The molecule has 166 valence electrons. The van der Waals surface area contributed by atoms with Gasteiger partial charge in [-0.25, -0.2) is 9.59 Å². The quantitative estimate of drug-likeness (QED) is 0.674. The van der Waals surface area contributed by atoms with Crippen molar-refractivity contribution in [3.63, 3.8) is 0 Å². The number of hydrogen-bond acceptors (Lipinski definition) is 6. The number of nitrogens with two attached hydrogens (primary N) is 1. The Morgan fingerprint density at radius 2 is 1.94 bits per heavy atom. The molecule has 0 radical (unpaired) electrons. The topological polar surface area (TPSA) is 109 Å². The van der Waals surface area contributed by atoms with Crippen molar-refractivity contribution in [2.75, 3.05) is 38.0 Å². The zero-order chi connectivity index (χ0) is 21.8. The first kappa shape index (κ1) is 21.5. The molecule has 2 aliphatic rings. The van der Waals surface area contributed by atoms with Crippen LogP contribution in [0.2, 0.25) is 0 Å². The van der Waals surface area contributed by atoms with E-state index in [2.05, 4.69) is 20.5 Å². The highest BCUT2D eigenvalue weighted by Gasteiger charge is 2.23. The van der Waals surface area contributed by atoms with Crippen LogP contribution in [0.3, 0.4) is 0 Å². The number of piperazine rings is 1. The van der Waals surface area contributed by atoms with Gasteiger partial charge in [-0.3, -0.25) is 14.8 Å². The fraction of sp³-hybridized carbons (Fsp3) is 0.500. The van der Waals surface area contributed by atoms with Crippen LogP contribution in [-0.2, 0) is 6.54 Å². The molecule has 1 aromatic carbocycles. The van der Waals surface area contributed by atoms with Crippen LogP contribution in [-0.4, -0.2) is 70.2 Å². The van der Waals surface area contributed by atoms with E-state index in [9.17, 15) is 9.59 Å². The number of piperidine rings is 1. The maximum absolute atomic E-state index is 12.6. The Bertz CT molecular complexity index is 951. The summed E-state index contributed by atoms with van der Waals surface area (Å²) in [6.07, 6.45) is 3.72. The Kier molecular flexibility index (Phi) is 6.64. The second-order valence-corrected chi connectivity index (χ2v) is 8.42. The summed E-state index contributed by atoms with van der Waals surface area (Å²) in [5.74, 6) is 0.261. The highest BCUT2D eigenvalue weighted by atomic mass is 16.2. The van der Waals surface area contributed by atoms with Crippen LogP contribution >= 0.6 is 0 Å². The third-order valence-corrected chi connectivity index (χ3v) is 6.05. The molecule has 2 aromatic rings. The number of likely N-dealkylation sites (tertiary alicyclic amines) is 1. The summed E-state index contributed by atoms with van der Waals surface area (Å²) < 4.78 is 1.48. The zero-order valence-electron chi connectivity index (χ0n) is 18.0. The van der Waals surface area contributed by atoms with E-state index in [1.165, 1.54) is 10.1 Å². The monoisotopic (exact) mass is 425 g/mol. The lowest BCUT2D eigenvalue weighted by atomic mass is 10.1. The lowest BCUT2D eigenvalue weighted by molar-refractivity contribution is 0.177. The summed E-state index contributed by atoms with van der Waals surface area (Å²) in [4.78, 5) is 33.2. The lowest BCUT2D eigenvalue weighted by Crippen LogP contribution is -2.53. The minimum absolute atomic E-state index is 0.0919. The van der Waals surface area contributed by atoms with Crippen molar-refractivity contribution in [1.29, 1.82) is 0 Å². The fourth-order valence-corrected chi connectivity index (χ4v) is 4.12. The number of hydrogen-bond donors (Lipinski definition) is 3. The van der Waals surface area contributed by atoms with E-state index in [1.54, 1.807) is 17.2 Å². The van der Waals surface area contributed by atoms with Crippen molar-refractivity contribution >= 4 is 11.8 Å². The minimum Gasteiger partial charge on any atom is -0.328 e. The first-order chi connectivity index (χ1) is 15.0. The molecule has 1 aromatic heterocycles. The SMILES string of the molecule is CC1CNCCN1C(=O)Nc1ccn(-c2ccc(CN3CCC(N)CC3)cc2)c(=O)n1. The molecule has 1 atom stereocenters. The van der Waals surface area contributed by atoms with Crippen LogP contribution < -0.4 is 22.1 Å². The van der Waals surface area contributed by atoms with E-state index < -0.39 is 5.69 Å². The summed E-state index contributed by atoms with van der Waals surface area (Å²) in [6.45, 7) is 7.05. The number of urea groups is 1. The van der Waals surface area contributed by atoms with Gasteiger partial charge in [0.05, 0.1) is 5.69 Å². The first-order valence-electron chi connectivity index (χ1n) is 10.9. The molecular weight excluding hydrogens is 394 g/mol. The van der Waals surface area contributed by atoms with Gasteiger partial charge in [0, 0.05) is 44.5 Å². The standard InChI is InChI=1S/C22H31N7O2/c1-16-14-24-9-13-28(16)21(30)25-20-8-12-29(22(31)26-20)19-4-2-17(3-5-19)15-27-10-6-18(23)7-11-27/h2-5,8,12,16,18,24H,6-7,9-11,13-15,23H2,1H3,(H,25,26,30,31). The maximum atomic E-state index is 12.6. The van der Waals surface area contributed by atoms with E-state index >= 15 is 0 Å². The van der Waals surface area contributed by atoms with E-state index in [1.807, 2.05) is 31.2 Å². The fourth-order valence-electron chi connectivity index (χ4n) is 4.12. The molecular formula is C22H31N7O2. The molecule has 4 rings (SSSR count). The van der Waals surface area contributed by atoms with Gasteiger partial charge in [0.15, 0.2) is 0 Å². The largest absolute Gasteiger partial charge is 0.354 e. The smallest absolute Gasteiger partial charge is 0.328 e. The van der Waals surface area contributed by atoms with Crippen LogP contribution in [0.1, 0.15) is 25.3 Å². The number of benzene rings is 1. The molecule has 1 unspecified atom stereocenters. The Labute approximate surface area is 182 Å². The Balaban J connectivity index is 1.39. The second-order valence-electron chi connectivity index (χ2n) is 8.42. The normalized spacial score (nSPS) is 20.6. The number of carbonyl (C=O) groups is 1. The molecule has 4 N–H and O–H groups in total. The van der Waals surface area contributed by atoms with Crippen molar-refractivity contribution in [2.45, 2.75) is 38.4 Å². The van der Waals surface area contributed by atoms with Gasteiger partial charge in [0.1, 0.15) is 5.82 Å². The summed E-state index contributed by atoms with van der Waals surface area (Å²) in [5, 5.41) is 5.99. The van der Waals surface area contributed by atoms with Crippen LogP contribution in [0.5, 0.6) is 0 Å². The molecule has 2 fully saturated rings. The van der Waals surface area contributed by atoms with Crippen molar-refractivity contribution in [1.82, 2.24) is 24.7 Å². The molecule has 0 bridgehead atoms. The number of nitrogens with one attached hydrogen (secondary N) is 2. The van der Waals surface area contributed by atoms with Gasteiger partial charge in [-0.1, -0.05) is 12.1 Å². The van der Waals surface area contributed by atoms with Gasteiger partial charge >= 0.3 is 11.7 Å². The Hall–Kier alpha value is -2.75. The zero-order valence-corrected chi connectivity index (χ0v) is 18.0. The second kappa shape index (κ2) is 9.59. The number of carbonyl (C=O) groups excluding carboxylic acids is 1. The maximum Gasteiger partial charge on any atom is 0.354 e. The van der Waals surface area contributed by atoms with Crippen LogP contribution in [0, 0.1) is 0 Å². The van der Waals surface area contributed by atoms with Gasteiger partial charge in [-0.15, -0.1) is 0 Å². The molecule has 31 heavy (non-hydrogen) atoms. The van der Waals surface area contributed by atoms with Crippen molar-refractivity contribution in [2.24, 2.45) is 5.73 Å². The van der Waals surface area contributed by atoms with Crippen LogP contribution in [0.4, 0.5) is 10.6 Å². The number of aromatic nitrogens is 2. The molecule has 9 nitrogen and oxygen atoms in total. The number of amides is 2. The van der Waals surface area contributed by atoms with Crippen molar-refractivity contribution < 1.29 is 4.79 Å². The molecule has 2 saturated heterocycles. The van der Waals surface area contributed by atoms with Gasteiger partial charge in [-0.2, -0.15) is 4.98 Å². The van der Waals surface area contributed by atoms with Crippen LogP contribution in [0.25, 0.3) is 5.69 Å². The molecule has 9 heteroatoms. The minimum atomic E-state index is -0.427. The van der Waals surface area contributed by atoms with Crippen molar-refractivity contribution in [3.8, 4) is 5.69 Å². The first-order valence-corrected chi connectivity index (χ1v) is 10.9. The highest BCUT2D eigenvalue weighted by molar-refractivity contribution is 5.88. The van der Waals surface area contributed by atoms with Gasteiger partial charge < -0.3 is 16.0 Å². The van der Waals surface area contributed by atoms with Gasteiger partial charge in [0.25, 0.3) is 0 Å². The van der Waals surface area contributed by atoms with Gasteiger partial charge in [-0.05, 0) is 56.6 Å². The Morgan fingerprint density at radius 3 is 2.61 bits per heavy atom. The molecule has 3 heterocycles. The van der Waals surface area contributed by atoms with Gasteiger partial charge in [0.2, 0.25) is 0 Å². The van der Waals surface area contributed by atoms with Crippen LogP contribution in [0.15, 0.2) is 41.3 Å². The third-order valence-electron chi connectivity index (χ3n) is 6.05. The summed E-state index contributed by atoms with van der Waals surface area (Å²) in [5.41, 5.74) is 7.50. The molecule has 2 aliphatic heterocycles. The average molecular weight is 426 g/mol. The Morgan fingerprint density at radius 1 is 1.19 bits per heavy atom. The van der Waals surface area contributed by atoms with E-state index in [0.717, 1.165) is 51.3 Å². The molecule has 0 spiro atoms. The highest BCUT2D eigenvalue weighted by Crippen LogP contribution is 2.15. The molecule has 2 amide bonds. The summed E-state index contributed by atoms with van der Waals surface area (Å²) >= 11 is 0. The lowest BCUT2D eigenvalue weighted by Gasteiger charge is -2.33. The number of rotatable bonds is 4. The van der Waals surface area contributed by atoms with E-state index in [4.69, 9.17) is 5.73 Å². The third kappa shape index (κ3) is 5.30. The number of nitrogens with zero attached hydrogens (tertiary/aromatic N) is 4. The predicted octanol–water partition coefficient (Wildman–Crippen LogP) is 0.981.